The molecule has 1 aromatic carbocycles. The Morgan fingerprint density at radius 3 is 2.56 bits per heavy atom. The highest BCUT2D eigenvalue weighted by Crippen LogP contribution is 2.30. The number of carbonyl (C=O) groups excluding carboxylic acids is 1. The summed E-state index contributed by atoms with van der Waals surface area (Å²) in [7, 11) is 5.87. The monoisotopic (exact) mass is 445 g/mol. The molecule has 0 spiro atoms. The molecule has 0 N–H and O–H groups in total. The van der Waals surface area contributed by atoms with Crippen LogP contribution in [0.2, 0.25) is 0 Å². The van der Waals surface area contributed by atoms with Crippen LogP contribution >= 0.6 is 0 Å². The first-order valence-corrected chi connectivity index (χ1v) is 11.7. The number of ether oxygens (including phenoxy) is 2. The lowest BCUT2D eigenvalue weighted by atomic mass is 9.91. The van der Waals surface area contributed by atoms with Crippen LogP contribution in [0.5, 0.6) is 0 Å². The number of carbonyl (C=O) groups is 1. The number of hydrogen-bond acceptors (Lipinski definition) is 6. The van der Waals surface area contributed by atoms with E-state index in [0.29, 0.717) is 12.5 Å². The molecule has 3 rings (SSSR count). The van der Waals surface area contributed by atoms with E-state index in [1.165, 1.54) is 11.1 Å². The average Bonchev–Trinajstić information content (AvgIpc) is 3.14. The molecule has 1 saturated heterocycles. The lowest BCUT2D eigenvalue weighted by molar-refractivity contribution is 0.0181. The van der Waals surface area contributed by atoms with Crippen molar-refractivity contribution in [2.45, 2.75) is 65.0 Å². The maximum atomic E-state index is 12.3. The second-order valence-corrected chi connectivity index (χ2v) is 10.1. The van der Waals surface area contributed by atoms with Crippen LogP contribution in [0, 0.1) is 5.92 Å². The Bertz CT molecular complexity index is 892. The molecule has 0 radical (unpaired) electrons. The third-order valence-corrected chi connectivity index (χ3v) is 6.02. The molecule has 0 aliphatic carbocycles. The van der Waals surface area contributed by atoms with Gasteiger partial charge in [0.1, 0.15) is 5.60 Å². The van der Waals surface area contributed by atoms with Gasteiger partial charge in [0.25, 0.3) is 0 Å². The Kier molecular flexibility index (Phi) is 8.17. The quantitative estimate of drug-likeness (QED) is 0.589. The highest BCUT2D eigenvalue weighted by Gasteiger charge is 2.27. The maximum absolute atomic E-state index is 12.3. The zero-order valence-electron chi connectivity index (χ0n) is 20.6. The fourth-order valence-corrected chi connectivity index (χ4v) is 4.34. The molecule has 0 unspecified atom stereocenters. The van der Waals surface area contributed by atoms with E-state index >= 15 is 0 Å². The summed E-state index contributed by atoms with van der Waals surface area (Å²) in [5.41, 5.74) is 3.95. The predicted octanol–water partition coefficient (Wildman–Crippen LogP) is 4.66. The minimum Gasteiger partial charge on any atom is -0.444 e. The maximum Gasteiger partial charge on any atom is 0.410 e. The van der Waals surface area contributed by atoms with Gasteiger partial charge in [-0.1, -0.05) is 11.2 Å². The number of piperidine rings is 1. The zero-order valence-corrected chi connectivity index (χ0v) is 20.6. The third-order valence-electron chi connectivity index (χ3n) is 6.02. The Morgan fingerprint density at radius 2 is 1.94 bits per heavy atom. The summed E-state index contributed by atoms with van der Waals surface area (Å²) in [5, 5.41) is 5.56. The van der Waals surface area contributed by atoms with Crippen molar-refractivity contribution in [2.75, 3.05) is 40.9 Å². The van der Waals surface area contributed by atoms with Gasteiger partial charge in [0.05, 0.1) is 12.3 Å². The molecule has 0 bridgehead atoms. The smallest absolute Gasteiger partial charge is 0.410 e. The van der Waals surface area contributed by atoms with Gasteiger partial charge in [-0.2, -0.15) is 0 Å². The summed E-state index contributed by atoms with van der Waals surface area (Å²) >= 11 is 0. The van der Waals surface area contributed by atoms with E-state index in [1.54, 1.807) is 7.11 Å². The number of fused-ring (bicyclic) bond motifs is 1. The Hall–Kier alpha value is -2.12. The van der Waals surface area contributed by atoms with Crippen LogP contribution in [0.4, 0.5) is 4.79 Å². The lowest BCUT2D eigenvalue weighted by Crippen LogP contribution is -2.41. The van der Waals surface area contributed by atoms with Gasteiger partial charge in [0, 0.05) is 37.7 Å². The number of amides is 1. The average molecular weight is 446 g/mol. The van der Waals surface area contributed by atoms with Crippen LogP contribution in [0.15, 0.2) is 16.7 Å². The first-order chi connectivity index (χ1) is 15.2. The molecule has 2 aromatic rings. The van der Waals surface area contributed by atoms with Crippen molar-refractivity contribution in [3.05, 3.63) is 29.0 Å². The molecule has 0 saturated carbocycles. The number of aryl methyl sites for hydroxylation is 1. The summed E-state index contributed by atoms with van der Waals surface area (Å²) in [6, 6.07) is 4.34. The van der Waals surface area contributed by atoms with Gasteiger partial charge >= 0.3 is 6.09 Å². The van der Waals surface area contributed by atoms with Gasteiger partial charge in [0.2, 0.25) is 0 Å². The normalized spacial score (nSPS) is 15.7. The van der Waals surface area contributed by atoms with Crippen molar-refractivity contribution in [1.82, 2.24) is 15.0 Å². The van der Waals surface area contributed by atoms with Crippen molar-refractivity contribution in [3.8, 4) is 0 Å². The van der Waals surface area contributed by atoms with E-state index in [1.807, 2.05) is 25.7 Å². The van der Waals surface area contributed by atoms with Crippen molar-refractivity contribution in [2.24, 2.45) is 5.92 Å². The molecule has 32 heavy (non-hydrogen) atoms. The van der Waals surface area contributed by atoms with Crippen LogP contribution in [0.3, 0.4) is 0 Å². The number of rotatable bonds is 8. The van der Waals surface area contributed by atoms with Crippen LogP contribution < -0.4 is 0 Å². The molecular formula is C25H39N3O4. The molecule has 1 fully saturated rings. The molecule has 1 amide bonds. The van der Waals surface area contributed by atoms with Crippen LogP contribution in [-0.4, -0.2) is 67.6 Å². The first-order valence-electron chi connectivity index (χ1n) is 11.7. The molecule has 1 aliphatic rings. The topological polar surface area (TPSA) is 68.0 Å². The lowest BCUT2D eigenvalue weighted by Gasteiger charge is -2.33. The molecule has 7 heteroatoms. The van der Waals surface area contributed by atoms with Crippen LogP contribution in [0.1, 0.15) is 56.9 Å². The molecule has 7 nitrogen and oxygen atoms in total. The van der Waals surface area contributed by atoms with Gasteiger partial charge < -0.3 is 23.8 Å². The van der Waals surface area contributed by atoms with E-state index in [4.69, 9.17) is 14.0 Å². The van der Waals surface area contributed by atoms with Gasteiger partial charge in [-0.15, -0.1) is 0 Å². The molecule has 178 valence electrons. The zero-order chi connectivity index (χ0) is 23.3. The van der Waals surface area contributed by atoms with Crippen molar-refractivity contribution in [1.29, 1.82) is 0 Å². The fraction of sp³-hybridized carbons (Fsp3) is 0.680. The molecule has 1 aromatic heterocycles. The minimum absolute atomic E-state index is 0.198. The van der Waals surface area contributed by atoms with E-state index in [2.05, 4.69) is 36.3 Å². The third kappa shape index (κ3) is 6.45. The number of nitrogens with zero attached hydrogens (tertiary/aromatic N) is 3. The van der Waals surface area contributed by atoms with E-state index in [9.17, 15) is 4.79 Å². The summed E-state index contributed by atoms with van der Waals surface area (Å²) in [6.45, 7) is 8.74. The van der Waals surface area contributed by atoms with Gasteiger partial charge in [-0.25, -0.2) is 4.79 Å². The standard InChI is InChI=1S/C25H39N3O4/c1-25(2,3)31-24(29)28-14-11-18(12-15-28)7-10-22-20-9-8-19(13-16-30-6)21(17-27(4)5)23(20)32-26-22/h8-9,18H,7,10-17H2,1-6H3. The number of aromatic nitrogens is 1. The summed E-state index contributed by atoms with van der Waals surface area (Å²) < 4.78 is 16.6. The van der Waals surface area contributed by atoms with Gasteiger partial charge in [-0.3, -0.25) is 0 Å². The highest BCUT2D eigenvalue weighted by atomic mass is 16.6. The van der Waals surface area contributed by atoms with Gasteiger partial charge in [0.15, 0.2) is 5.58 Å². The fourth-order valence-electron chi connectivity index (χ4n) is 4.34. The Labute approximate surface area is 192 Å². The van der Waals surface area contributed by atoms with E-state index in [0.717, 1.165) is 68.4 Å². The first kappa shape index (κ1) is 24.5. The largest absolute Gasteiger partial charge is 0.444 e. The van der Waals surface area contributed by atoms with Gasteiger partial charge in [-0.05, 0) is 84.5 Å². The summed E-state index contributed by atoms with van der Waals surface area (Å²) in [4.78, 5) is 16.3. The van der Waals surface area contributed by atoms with Crippen molar-refractivity contribution >= 4 is 17.1 Å². The highest BCUT2D eigenvalue weighted by molar-refractivity contribution is 5.83. The number of benzene rings is 1. The van der Waals surface area contributed by atoms with Crippen molar-refractivity contribution in [3.63, 3.8) is 0 Å². The molecular weight excluding hydrogens is 406 g/mol. The number of methoxy groups -OCH3 is 1. The Balaban J connectivity index is 1.62. The second kappa shape index (κ2) is 10.7. The molecule has 1 aliphatic heterocycles. The second-order valence-electron chi connectivity index (χ2n) is 10.1. The van der Waals surface area contributed by atoms with E-state index < -0.39 is 5.60 Å². The van der Waals surface area contributed by atoms with E-state index in [-0.39, 0.29) is 6.09 Å². The number of likely N-dealkylation sites (tertiary alicyclic amines) is 1. The minimum atomic E-state index is -0.448. The number of hydrogen-bond donors (Lipinski definition) is 0. The molecule has 0 atom stereocenters. The summed E-state index contributed by atoms with van der Waals surface area (Å²) in [5.74, 6) is 0.586. The predicted molar refractivity (Wildman–Crippen MR) is 126 cm³/mol. The Morgan fingerprint density at radius 1 is 1.22 bits per heavy atom. The summed E-state index contributed by atoms with van der Waals surface area (Å²) in [6.07, 6.45) is 4.61. The SMILES string of the molecule is COCCc1ccc2c(CCC3CCN(C(=O)OC(C)(C)C)CC3)noc2c1CN(C)C. The van der Waals surface area contributed by atoms with Crippen LogP contribution in [0.25, 0.3) is 11.0 Å². The van der Waals surface area contributed by atoms with Crippen molar-refractivity contribution < 1.29 is 18.8 Å². The van der Waals surface area contributed by atoms with Crippen LogP contribution in [-0.2, 0) is 28.9 Å². The molecule has 2 heterocycles.